The first-order chi connectivity index (χ1) is 11.6. The number of nitrogens with zero attached hydrogens (tertiary/aromatic N) is 2. The molecule has 0 radical (unpaired) electrons. The van der Waals surface area contributed by atoms with Crippen LogP contribution in [0.3, 0.4) is 0 Å². The number of hydrogen-bond acceptors (Lipinski definition) is 3. The average Bonchev–Trinajstić information content (AvgIpc) is 2.77. The quantitative estimate of drug-likeness (QED) is 0.860. The molecule has 9 heteroatoms. The molecule has 1 heterocycles. The minimum atomic E-state index is -4.48. The Morgan fingerprint density at radius 2 is 1.96 bits per heavy atom. The van der Waals surface area contributed by atoms with E-state index in [-0.39, 0.29) is 12.1 Å². The van der Waals surface area contributed by atoms with Crippen LogP contribution in [0.5, 0.6) is 0 Å². The van der Waals surface area contributed by atoms with Crippen molar-refractivity contribution in [2.75, 3.05) is 6.54 Å². The number of nitrogens with one attached hydrogen (secondary N) is 1. The highest BCUT2D eigenvalue weighted by atomic mass is 19.4. The molecule has 2 amide bonds. The third kappa shape index (κ3) is 4.59. The van der Waals surface area contributed by atoms with Gasteiger partial charge in [-0.1, -0.05) is 12.1 Å². The summed E-state index contributed by atoms with van der Waals surface area (Å²) in [6, 6.07) is 6.19. The zero-order valence-corrected chi connectivity index (χ0v) is 13.6. The molecule has 0 aliphatic carbocycles. The van der Waals surface area contributed by atoms with Crippen molar-refractivity contribution in [3.63, 3.8) is 0 Å². The molecule has 25 heavy (non-hydrogen) atoms. The lowest BCUT2D eigenvalue weighted by Gasteiger charge is -2.09. The van der Waals surface area contributed by atoms with E-state index >= 15 is 0 Å². The van der Waals surface area contributed by atoms with Gasteiger partial charge in [-0.3, -0.25) is 14.3 Å². The van der Waals surface area contributed by atoms with Gasteiger partial charge < -0.3 is 11.1 Å². The third-order valence-electron chi connectivity index (χ3n) is 3.55. The predicted octanol–water partition coefficient (Wildman–Crippen LogP) is 1.94. The second kappa shape index (κ2) is 6.96. The molecule has 0 aliphatic heterocycles. The van der Waals surface area contributed by atoms with Crippen molar-refractivity contribution in [2.24, 2.45) is 5.73 Å². The van der Waals surface area contributed by atoms with Crippen molar-refractivity contribution in [2.45, 2.75) is 26.6 Å². The fraction of sp³-hybridized carbons (Fsp3) is 0.312. The van der Waals surface area contributed by atoms with E-state index in [0.29, 0.717) is 22.5 Å². The molecule has 0 atom stereocenters. The van der Waals surface area contributed by atoms with Crippen LogP contribution in [0, 0.1) is 13.8 Å². The average molecular weight is 354 g/mol. The fourth-order valence-electron chi connectivity index (χ4n) is 2.51. The van der Waals surface area contributed by atoms with Crippen LogP contribution in [0.2, 0.25) is 0 Å². The van der Waals surface area contributed by atoms with Crippen molar-refractivity contribution < 1.29 is 22.8 Å². The Kier molecular flexibility index (Phi) is 5.15. The van der Waals surface area contributed by atoms with Crippen LogP contribution in [0.1, 0.15) is 21.7 Å². The molecule has 2 rings (SSSR count). The molecule has 0 aliphatic rings. The van der Waals surface area contributed by atoms with Crippen molar-refractivity contribution in [3.8, 4) is 11.1 Å². The summed E-state index contributed by atoms with van der Waals surface area (Å²) in [6.07, 6.45) is -4.48. The SMILES string of the molecule is Cc1nn(CC(N)=O)c(C)c1-c1cccc(C(=O)NCC(F)(F)F)c1. The number of aryl methyl sites for hydroxylation is 1. The van der Waals surface area contributed by atoms with Gasteiger partial charge in [-0.15, -0.1) is 0 Å². The number of nitrogens with two attached hydrogens (primary N) is 1. The number of rotatable bonds is 5. The smallest absolute Gasteiger partial charge is 0.368 e. The molecular weight excluding hydrogens is 337 g/mol. The molecule has 1 aromatic carbocycles. The van der Waals surface area contributed by atoms with E-state index in [1.54, 1.807) is 26.0 Å². The second-order valence-electron chi connectivity index (χ2n) is 5.55. The van der Waals surface area contributed by atoms with Gasteiger partial charge in [-0.2, -0.15) is 18.3 Å². The molecule has 134 valence electrons. The van der Waals surface area contributed by atoms with Crippen LogP contribution in [0.25, 0.3) is 11.1 Å². The molecule has 0 unspecified atom stereocenters. The van der Waals surface area contributed by atoms with Gasteiger partial charge >= 0.3 is 6.18 Å². The Bertz CT molecular complexity index is 812. The van der Waals surface area contributed by atoms with E-state index in [4.69, 9.17) is 5.73 Å². The van der Waals surface area contributed by atoms with Crippen molar-refractivity contribution in [1.29, 1.82) is 0 Å². The largest absolute Gasteiger partial charge is 0.405 e. The topological polar surface area (TPSA) is 90.0 Å². The van der Waals surface area contributed by atoms with Crippen LogP contribution < -0.4 is 11.1 Å². The van der Waals surface area contributed by atoms with Crippen LogP contribution >= 0.6 is 0 Å². The zero-order chi connectivity index (χ0) is 18.8. The molecule has 0 saturated heterocycles. The summed E-state index contributed by atoms with van der Waals surface area (Å²) in [5.41, 5.74) is 7.88. The van der Waals surface area contributed by atoms with Crippen molar-refractivity contribution >= 4 is 11.8 Å². The molecule has 0 fully saturated rings. The van der Waals surface area contributed by atoms with Crippen molar-refractivity contribution in [1.82, 2.24) is 15.1 Å². The lowest BCUT2D eigenvalue weighted by Crippen LogP contribution is -2.33. The van der Waals surface area contributed by atoms with Gasteiger partial charge in [-0.05, 0) is 31.5 Å². The number of alkyl halides is 3. The van der Waals surface area contributed by atoms with Crippen LogP contribution in [-0.2, 0) is 11.3 Å². The summed E-state index contributed by atoms with van der Waals surface area (Å²) < 4.78 is 38.1. The number of halogens is 3. The molecule has 0 spiro atoms. The lowest BCUT2D eigenvalue weighted by molar-refractivity contribution is -0.123. The maximum absolute atomic E-state index is 12.2. The number of benzene rings is 1. The zero-order valence-electron chi connectivity index (χ0n) is 13.6. The third-order valence-corrected chi connectivity index (χ3v) is 3.55. The highest BCUT2D eigenvalue weighted by Gasteiger charge is 2.28. The number of aromatic nitrogens is 2. The molecular formula is C16H17F3N4O2. The van der Waals surface area contributed by atoms with E-state index < -0.39 is 24.5 Å². The molecule has 0 saturated carbocycles. The number of carbonyl (C=O) groups excluding carboxylic acids is 2. The Labute approximate surface area is 141 Å². The highest BCUT2D eigenvalue weighted by molar-refractivity contribution is 5.95. The summed E-state index contributed by atoms with van der Waals surface area (Å²) in [4.78, 5) is 23.0. The monoisotopic (exact) mass is 354 g/mol. The Balaban J connectivity index is 2.32. The van der Waals surface area contributed by atoms with E-state index in [9.17, 15) is 22.8 Å². The standard InChI is InChI=1S/C16H17F3N4O2/c1-9-14(10(2)23(22-9)7-13(20)24)11-4-3-5-12(6-11)15(25)21-8-16(17,18)19/h3-6H,7-8H2,1-2H3,(H2,20,24)(H,21,25). The fourth-order valence-corrected chi connectivity index (χ4v) is 2.51. The summed E-state index contributed by atoms with van der Waals surface area (Å²) in [5.74, 6) is -1.36. The first-order valence-corrected chi connectivity index (χ1v) is 7.36. The van der Waals surface area contributed by atoms with Gasteiger partial charge in [0.05, 0.1) is 5.69 Å². The summed E-state index contributed by atoms with van der Waals surface area (Å²) in [7, 11) is 0. The van der Waals surface area contributed by atoms with Gasteiger partial charge in [0.2, 0.25) is 5.91 Å². The van der Waals surface area contributed by atoms with Gasteiger partial charge in [0.15, 0.2) is 0 Å². The predicted molar refractivity (Wildman–Crippen MR) is 84.7 cm³/mol. The Morgan fingerprint density at radius 3 is 2.56 bits per heavy atom. The van der Waals surface area contributed by atoms with Crippen molar-refractivity contribution in [3.05, 3.63) is 41.2 Å². The van der Waals surface area contributed by atoms with Crippen LogP contribution in [-0.4, -0.2) is 34.3 Å². The van der Waals surface area contributed by atoms with E-state index in [1.165, 1.54) is 16.8 Å². The number of amides is 2. The van der Waals surface area contributed by atoms with E-state index in [1.807, 2.05) is 5.32 Å². The minimum absolute atomic E-state index is 0.0849. The molecule has 2 aromatic rings. The maximum atomic E-state index is 12.2. The first kappa shape index (κ1) is 18.5. The minimum Gasteiger partial charge on any atom is -0.368 e. The maximum Gasteiger partial charge on any atom is 0.405 e. The van der Waals surface area contributed by atoms with Gasteiger partial charge in [0.25, 0.3) is 5.91 Å². The van der Waals surface area contributed by atoms with Gasteiger partial charge in [0.1, 0.15) is 13.1 Å². The number of carbonyl (C=O) groups is 2. The first-order valence-electron chi connectivity index (χ1n) is 7.36. The summed E-state index contributed by atoms with van der Waals surface area (Å²) in [5, 5.41) is 6.07. The van der Waals surface area contributed by atoms with Crippen LogP contribution in [0.4, 0.5) is 13.2 Å². The normalized spacial score (nSPS) is 11.4. The lowest BCUT2D eigenvalue weighted by atomic mass is 10.0. The highest BCUT2D eigenvalue weighted by Crippen LogP contribution is 2.27. The van der Waals surface area contributed by atoms with E-state index in [2.05, 4.69) is 5.10 Å². The number of hydrogen-bond donors (Lipinski definition) is 2. The molecule has 6 nitrogen and oxygen atoms in total. The molecule has 1 aromatic heterocycles. The number of primary amides is 1. The van der Waals surface area contributed by atoms with Gasteiger partial charge in [-0.25, -0.2) is 0 Å². The summed E-state index contributed by atoms with van der Waals surface area (Å²) >= 11 is 0. The Morgan fingerprint density at radius 1 is 1.28 bits per heavy atom. The second-order valence-corrected chi connectivity index (χ2v) is 5.55. The molecule has 0 bridgehead atoms. The van der Waals surface area contributed by atoms with Gasteiger partial charge in [0, 0.05) is 16.8 Å². The molecule has 3 N–H and O–H groups in total. The Hall–Kier alpha value is -2.84. The van der Waals surface area contributed by atoms with E-state index in [0.717, 1.165) is 0 Å². The van der Waals surface area contributed by atoms with Crippen LogP contribution in [0.15, 0.2) is 24.3 Å². The summed E-state index contributed by atoms with van der Waals surface area (Å²) in [6.45, 7) is 1.99.